The lowest BCUT2D eigenvalue weighted by Crippen LogP contribution is -2.60. The number of piperidine rings is 1. The van der Waals surface area contributed by atoms with E-state index in [9.17, 15) is 9.59 Å². The maximum Gasteiger partial charge on any atom is 0.314 e. The van der Waals surface area contributed by atoms with Crippen LogP contribution in [0.25, 0.3) is 0 Å². The second kappa shape index (κ2) is 11.2. The fraction of sp³-hybridized carbons (Fsp3) is 0.536. The van der Waals surface area contributed by atoms with Crippen molar-refractivity contribution in [2.24, 2.45) is 17.1 Å². The number of benzene rings is 1. The number of likely N-dealkylation sites (tertiary alicyclic amines) is 1. The number of pyridine rings is 1. The quantitative estimate of drug-likeness (QED) is 0.637. The topological polar surface area (TPSA) is 82.8 Å². The zero-order chi connectivity index (χ0) is 25.9. The minimum Gasteiger partial charge on any atom is -0.351 e. The van der Waals surface area contributed by atoms with Gasteiger partial charge < -0.3 is 15.5 Å². The molecule has 0 radical (unpaired) electrons. The molecule has 2 aliphatic rings. The number of hydrogen-bond donors (Lipinski definition) is 1. The van der Waals surface area contributed by atoms with Crippen molar-refractivity contribution in [3.05, 3.63) is 64.9 Å². The Kier molecular flexibility index (Phi) is 8.20. The lowest BCUT2D eigenvalue weighted by atomic mass is 9.82. The standard InChI is InChI=1S/C28H38ClN5O2/c1-28(2,3)24-19-33(26(23-6-4-5-13-31-23)21-7-9-22(29)10-8-21)16-17-34(24)25(35)18-20-11-14-32(15-12-20)27(30)36/h4-10,13,20,24,26H,11-12,14-19H2,1-3H3,(H2,30,36). The first-order valence-electron chi connectivity index (χ1n) is 12.9. The van der Waals surface area contributed by atoms with E-state index in [1.54, 1.807) is 4.90 Å². The smallest absolute Gasteiger partial charge is 0.314 e. The van der Waals surface area contributed by atoms with Crippen LogP contribution in [0.3, 0.4) is 0 Å². The van der Waals surface area contributed by atoms with Gasteiger partial charge in [0.2, 0.25) is 5.91 Å². The summed E-state index contributed by atoms with van der Waals surface area (Å²) in [5.74, 6) is 0.509. The van der Waals surface area contributed by atoms with Crippen LogP contribution in [-0.2, 0) is 4.79 Å². The average Bonchev–Trinajstić information content (AvgIpc) is 2.86. The Balaban J connectivity index is 1.52. The number of amides is 3. The Morgan fingerprint density at radius 1 is 1.06 bits per heavy atom. The molecule has 194 valence electrons. The SMILES string of the molecule is CC(C)(C)C1CN(C(c2ccc(Cl)cc2)c2ccccn2)CCN1C(=O)CC1CCN(C(N)=O)CC1. The van der Waals surface area contributed by atoms with Gasteiger partial charge in [-0.15, -0.1) is 0 Å². The van der Waals surface area contributed by atoms with E-state index < -0.39 is 0 Å². The normalized spacial score (nSPS) is 20.8. The molecule has 3 amide bonds. The van der Waals surface area contributed by atoms with Crippen LogP contribution in [-0.4, -0.2) is 70.4 Å². The zero-order valence-corrected chi connectivity index (χ0v) is 22.3. The lowest BCUT2D eigenvalue weighted by Gasteiger charge is -2.49. The molecule has 0 spiro atoms. The van der Waals surface area contributed by atoms with Crippen molar-refractivity contribution >= 4 is 23.5 Å². The van der Waals surface area contributed by atoms with Crippen molar-refractivity contribution in [2.75, 3.05) is 32.7 Å². The molecule has 2 fully saturated rings. The summed E-state index contributed by atoms with van der Waals surface area (Å²) in [5.41, 5.74) is 7.48. The summed E-state index contributed by atoms with van der Waals surface area (Å²) in [6, 6.07) is 13.7. The van der Waals surface area contributed by atoms with E-state index in [4.69, 9.17) is 22.3 Å². The summed E-state index contributed by atoms with van der Waals surface area (Å²) in [7, 11) is 0. The van der Waals surface area contributed by atoms with E-state index in [2.05, 4.69) is 48.8 Å². The molecule has 36 heavy (non-hydrogen) atoms. The summed E-state index contributed by atoms with van der Waals surface area (Å²) < 4.78 is 0. The highest BCUT2D eigenvalue weighted by Gasteiger charge is 2.41. The lowest BCUT2D eigenvalue weighted by molar-refractivity contribution is -0.141. The van der Waals surface area contributed by atoms with E-state index in [1.807, 2.05) is 30.5 Å². The van der Waals surface area contributed by atoms with E-state index in [-0.39, 0.29) is 29.4 Å². The Morgan fingerprint density at radius 3 is 2.33 bits per heavy atom. The number of aromatic nitrogens is 1. The van der Waals surface area contributed by atoms with Crippen molar-refractivity contribution < 1.29 is 9.59 Å². The van der Waals surface area contributed by atoms with E-state index in [0.717, 1.165) is 37.2 Å². The van der Waals surface area contributed by atoms with Gasteiger partial charge in [-0.3, -0.25) is 14.7 Å². The van der Waals surface area contributed by atoms with Crippen LogP contribution in [0.5, 0.6) is 0 Å². The Morgan fingerprint density at radius 2 is 1.75 bits per heavy atom. The van der Waals surface area contributed by atoms with Crippen molar-refractivity contribution in [3.8, 4) is 0 Å². The predicted octanol–water partition coefficient (Wildman–Crippen LogP) is 4.56. The first-order chi connectivity index (χ1) is 17.1. The van der Waals surface area contributed by atoms with Gasteiger partial charge >= 0.3 is 6.03 Å². The van der Waals surface area contributed by atoms with E-state index in [0.29, 0.717) is 37.0 Å². The van der Waals surface area contributed by atoms with Crippen molar-refractivity contribution in [1.29, 1.82) is 0 Å². The van der Waals surface area contributed by atoms with Crippen LogP contribution in [0.1, 0.15) is 57.3 Å². The van der Waals surface area contributed by atoms with Crippen LogP contribution in [0, 0.1) is 11.3 Å². The number of piperazine rings is 1. The number of carbonyl (C=O) groups excluding carboxylic acids is 2. The molecule has 1 aromatic heterocycles. The molecule has 0 aliphatic carbocycles. The molecule has 7 nitrogen and oxygen atoms in total. The van der Waals surface area contributed by atoms with Crippen LogP contribution < -0.4 is 5.73 Å². The predicted molar refractivity (Wildman–Crippen MR) is 143 cm³/mol. The molecule has 2 unspecified atom stereocenters. The van der Waals surface area contributed by atoms with Crippen molar-refractivity contribution in [1.82, 2.24) is 19.7 Å². The van der Waals surface area contributed by atoms with Crippen LogP contribution in [0.4, 0.5) is 4.79 Å². The molecule has 0 bridgehead atoms. The largest absolute Gasteiger partial charge is 0.351 e. The number of halogens is 1. The molecular formula is C28H38ClN5O2. The molecule has 2 N–H and O–H groups in total. The molecule has 4 rings (SSSR count). The molecule has 2 saturated heterocycles. The maximum atomic E-state index is 13.6. The number of nitrogens with two attached hydrogens (primary N) is 1. The van der Waals surface area contributed by atoms with Gasteiger partial charge in [-0.05, 0) is 54.0 Å². The van der Waals surface area contributed by atoms with Gasteiger partial charge in [0.25, 0.3) is 0 Å². The summed E-state index contributed by atoms with van der Waals surface area (Å²) in [4.78, 5) is 35.9. The monoisotopic (exact) mass is 511 g/mol. The summed E-state index contributed by atoms with van der Waals surface area (Å²) >= 11 is 6.19. The molecule has 0 saturated carbocycles. The van der Waals surface area contributed by atoms with Crippen LogP contribution in [0.15, 0.2) is 48.7 Å². The first kappa shape index (κ1) is 26.4. The number of hydrogen-bond acceptors (Lipinski definition) is 4. The van der Waals surface area contributed by atoms with Gasteiger partial charge in [0, 0.05) is 56.4 Å². The molecule has 1 aromatic carbocycles. The van der Waals surface area contributed by atoms with Gasteiger partial charge in [-0.2, -0.15) is 0 Å². The van der Waals surface area contributed by atoms with Gasteiger partial charge in [0.1, 0.15) is 0 Å². The Hall–Kier alpha value is -2.64. The number of nitrogens with zero attached hydrogens (tertiary/aromatic N) is 4. The number of carbonyl (C=O) groups is 2. The summed E-state index contributed by atoms with van der Waals surface area (Å²) in [5, 5.41) is 0.711. The highest BCUT2D eigenvalue weighted by Crippen LogP contribution is 2.35. The highest BCUT2D eigenvalue weighted by atomic mass is 35.5. The molecular weight excluding hydrogens is 474 g/mol. The van der Waals surface area contributed by atoms with Crippen molar-refractivity contribution in [3.63, 3.8) is 0 Å². The second-order valence-corrected chi connectivity index (χ2v) is 11.6. The second-order valence-electron chi connectivity index (χ2n) is 11.1. The van der Waals surface area contributed by atoms with Gasteiger partial charge in [0.05, 0.1) is 11.7 Å². The van der Waals surface area contributed by atoms with Crippen LogP contribution in [0.2, 0.25) is 5.02 Å². The van der Waals surface area contributed by atoms with Gasteiger partial charge in [-0.25, -0.2) is 4.79 Å². The molecule has 2 atom stereocenters. The molecule has 8 heteroatoms. The summed E-state index contributed by atoms with van der Waals surface area (Å²) in [6.07, 6.45) is 4.02. The third-order valence-electron chi connectivity index (χ3n) is 7.64. The van der Waals surface area contributed by atoms with Gasteiger partial charge in [-0.1, -0.05) is 50.6 Å². The first-order valence-corrected chi connectivity index (χ1v) is 13.3. The maximum absolute atomic E-state index is 13.6. The highest BCUT2D eigenvalue weighted by molar-refractivity contribution is 6.30. The molecule has 2 aromatic rings. The zero-order valence-electron chi connectivity index (χ0n) is 21.6. The van der Waals surface area contributed by atoms with E-state index in [1.165, 1.54) is 0 Å². The average molecular weight is 512 g/mol. The third-order valence-corrected chi connectivity index (χ3v) is 7.89. The Bertz CT molecular complexity index is 1030. The number of primary amides is 1. The summed E-state index contributed by atoms with van der Waals surface area (Å²) in [6.45, 7) is 10.1. The van der Waals surface area contributed by atoms with Gasteiger partial charge in [0.15, 0.2) is 0 Å². The number of urea groups is 1. The van der Waals surface area contributed by atoms with Crippen LogP contribution >= 0.6 is 11.6 Å². The third kappa shape index (κ3) is 6.19. The minimum atomic E-state index is -0.369. The van der Waals surface area contributed by atoms with Crippen molar-refractivity contribution in [2.45, 2.75) is 52.1 Å². The Labute approximate surface area is 219 Å². The molecule has 3 heterocycles. The fourth-order valence-electron chi connectivity index (χ4n) is 5.55. The molecule has 2 aliphatic heterocycles. The van der Waals surface area contributed by atoms with E-state index >= 15 is 0 Å². The minimum absolute atomic E-state index is 0.0105. The fourth-order valence-corrected chi connectivity index (χ4v) is 5.68. The number of rotatable bonds is 5.